The fourth-order valence-electron chi connectivity index (χ4n) is 1.66. The number of carboxylic acids is 2. The van der Waals surface area contributed by atoms with Crippen LogP contribution in [0.5, 0.6) is 0 Å². The number of hydrogen-bond donors (Lipinski definition) is 2. The summed E-state index contributed by atoms with van der Waals surface area (Å²) in [6, 6.07) is 6.06. The van der Waals surface area contributed by atoms with Gasteiger partial charge in [-0.2, -0.15) is 4.98 Å². The van der Waals surface area contributed by atoms with E-state index in [1.165, 1.54) is 12.1 Å². The third kappa shape index (κ3) is 2.59. The number of aromatic nitrogens is 2. The van der Waals surface area contributed by atoms with Gasteiger partial charge < -0.3 is 14.7 Å². The van der Waals surface area contributed by atoms with Crippen LogP contribution in [0.1, 0.15) is 17.4 Å². The van der Waals surface area contributed by atoms with Crippen molar-refractivity contribution in [2.45, 2.75) is 12.8 Å². The molecule has 1 heterocycles. The third-order valence-electron chi connectivity index (χ3n) is 2.50. The molecule has 7 heteroatoms. The second kappa shape index (κ2) is 4.89. The third-order valence-corrected chi connectivity index (χ3v) is 2.50. The van der Waals surface area contributed by atoms with Crippen LogP contribution in [0.3, 0.4) is 0 Å². The molecule has 0 spiro atoms. The summed E-state index contributed by atoms with van der Waals surface area (Å²) in [4.78, 5) is 25.9. The van der Waals surface area contributed by atoms with Gasteiger partial charge in [0, 0.05) is 12.5 Å². The highest BCUT2D eigenvalue weighted by molar-refractivity contribution is 5.99. The summed E-state index contributed by atoms with van der Waals surface area (Å²) in [6.07, 6.45) is 0. The maximum absolute atomic E-state index is 11.0. The maximum Gasteiger partial charge on any atom is 0.322 e. The summed E-state index contributed by atoms with van der Waals surface area (Å²) in [6.45, 7) is 1.62. The Labute approximate surface area is 107 Å². The molecule has 2 aromatic rings. The number of carboxylic acid groups (broad SMARTS) is 2. The van der Waals surface area contributed by atoms with Crippen LogP contribution in [-0.4, -0.2) is 32.3 Å². The second-order valence-corrected chi connectivity index (χ2v) is 3.87. The first-order valence-corrected chi connectivity index (χ1v) is 5.35. The number of aliphatic carboxylic acids is 2. The molecule has 0 fully saturated rings. The minimum atomic E-state index is -1.62. The highest BCUT2D eigenvalue weighted by Gasteiger charge is 2.28. The minimum Gasteiger partial charge on any atom is -0.480 e. The highest BCUT2D eigenvalue weighted by Crippen LogP contribution is 2.23. The lowest BCUT2D eigenvalue weighted by Gasteiger charge is -2.08. The van der Waals surface area contributed by atoms with Crippen molar-refractivity contribution in [3.63, 3.8) is 0 Å². The van der Waals surface area contributed by atoms with Crippen LogP contribution >= 0.6 is 0 Å². The van der Waals surface area contributed by atoms with Gasteiger partial charge in [0.1, 0.15) is 0 Å². The summed E-state index contributed by atoms with van der Waals surface area (Å²) in [5.74, 6) is -3.81. The van der Waals surface area contributed by atoms with E-state index >= 15 is 0 Å². The van der Waals surface area contributed by atoms with Crippen molar-refractivity contribution in [1.82, 2.24) is 10.1 Å². The number of nitrogens with zero attached hydrogens (tertiary/aromatic N) is 2. The van der Waals surface area contributed by atoms with E-state index in [9.17, 15) is 9.59 Å². The monoisotopic (exact) mass is 262 g/mol. The molecule has 98 valence electrons. The Morgan fingerprint density at radius 2 is 1.95 bits per heavy atom. The van der Waals surface area contributed by atoms with E-state index in [4.69, 9.17) is 14.7 Å². The molecular weight excluding hydrogens is 252 g/mol. The lowest BCUT2D eigenvalue weighted by molar-refractivity contribution is -0.150. The maximum atomic E-state index is 11.0. The van der Waals surface area contributed by atoms with Crippen LogP contribution in [-0.2, 0) is 9.59 Å². The Balaban J connectivity index is 2.44. The van der Waals surface area contributed by atoms with Gasteiger partial charge in [-0.05, 0) is 11.6 Å². The van der Waals surface area contributed by atoms with Gasteiger partial charge >= 0.3 is 11.9 Å². The normalized spacial score (nSPS) is 10.6. The molecule has 0 bridgehead atoms. The smallest absolute Gasteiger partial charge is 0.322 e. The zero-order chi connectivity index (χ0) is 14.0. The van der Waals surface area contributed by atoms with Crippen LogP contribution in [0, 0.1) is 6.92 Å². The number of aryl methyl sites for hydroxylation is 1. The van der Waals surface area contributed by atoms with E-state index in [0.29, 0.717) is 11.5 Å². The molecule has 0 saturated carbocycles. The van der Waals surface area contributed by atoms with Gasteiger partial charge in [0.15, 0.2) is 5.92 Å². The van der Waals surface area contributed by atoms with Crippen molar-refractivity contribution in [3.05, 3.63) is 35.7 Å². The first kappa shape index (κ1) is 12.7. The summed E-state index contributed by atoms with van der Waals surface area (Å²) in [5.41, 5.74) is 0.654. The molecule has 19 heavy (non-hydrogen) atoms. The van der Waals surface area contributed by atoms with E-state index in [-0.39, 0.29) is 11.4 Å². The molecule has 0 aliphatic rings. The number of carbonyl (C=O) groups is 2. The summed E-state index contributed by atoms with van der Waals surface area (Å²) < 4.78 is 4.82. The minimum absolute atomic E-state index is 0.153. The van der Waals surface area contributed by atoms with Crippen LogP contribution in [0.25, 0.3) is 11.4 Å². The first-order chi connectivity index (χ1) is 8.99. The van der Waals surface area contributed by atoms with E-state index in [1.807, 2.05) is 0 Å². The van der Waals surface area contributed by atoms with Crippen molar-refractivity contribution in [1.29, 1.82) is 0 Å². The predicted molar refractivity (Wildman–Crippen MR) is 62.5 cm³/mol. The molecule has 0 aliphatic carbocycles. The molecule has 0 radical (unpaired) electrons. The lowest BCUT2D eigenvalue weighted by Crippen LogP contribution is -2.21. The molecule has 0 atom stereocenters. The summed E-state index contributed by atoms with van der Waals surface area (Å²) in [7, 11) is 0. The zero-order valence-electron chi connectivity index (χ0n) is 9.90. The molecule has 0 saturated heterocycles. The Kier molecular flexibility index (Phi) is 3.28. The van der Waals surface area contributed by atoms with Crippen LogP contribution < -0.4 is 0 Å². The molecule has 0 amide bonds. The molecule has 1 aromatic carbocycles. The average molecular weight is 262 g/mol. The highest BCUT2D eigenvalue weighted by atomic mass is 16.5. The SMILES string of the molecule is Cc1nc(-c2cccc(C(C(=O)O)C(=O)O)c2)no1. The Bertz CT molecular complexity index is 621. The van der Waals surface area contributed by atoms with Crippen LogP contribution in [0.15, 0.2) is 28.8 Å². The lowest BCUT2D eigenvalue weighted by atomic mass is 9.97. The van der Waals surface area contributed by atoms with Crippen LogP contribution in [0.2, 0.25) is 0 Å². The molecular formula is C12H10N2O5. The molecule has 2 N–H and O–H groups in total. The topological polar surface area (TPSA) is 114 Å². The van der Waals surface area contributed by atoms with Gasteiger partial charge in [0.25, 0.3) is 0 Å². The van der Waals surface area contributed by atoms with Gasteiger partial charge in [-0.15, -0.1) is 0 Å². The Morgan fingerprint density at radius 3 is 2.47 bits per heavy atom. The number of hydrogen-bond acceptors (Lipinski definition) is 5. The first-order valence-electron chi connectivity index (χ1n) is 5.35. The molecule has 0 unspecified atom stereocenters. The van der Waals surface area contributed by atoms with E-state index in [0.717, 1.165) is 0 Å². The molecule has 7 nitrogen and oxygen atoms in total. The fourth-order valence-corrected chi connectivity index (χ4v) is 1.66. The molecule has 0 aliphatic heterocycles. The van der Waals surface area contributed by atoms with E-state index < -0.39 is 17.9 Å². The second-order valence-electron chi connectivity index (χ2n) is 3.87. The van der Waals surface area contributed by atoms with Crippen molar-refractivity contribution >= 4 is 11.9 Å². The van der Waals surface area contributed by atoms with Gasteiger partial charge in [-0.3, -0.25) is 9.59 Å². The summed E-state index contributed by atoms with van der Waals surface area (Å²) >= 11 is 0. The van der Waals surface area contributed by atoms with Gasteiger partial charge in [-0.1, -0.05) is 23.4 Å². The van der Waals surface area contributed by atoms with Crippen molar-refractivity contribution in [2.75, 3.05) is 0 Å². The quantitative estimate of drug-likeness (QED) is 0.798. The van der Waals surface area contributed by atoms with Crippen molar-refractivity contribution in [3.8, 4) is 11.4 Å². The standard InChI is InChI=1S/C12H10N2O5/c1-6-13-10(14-19-6)8-4-2-3-7(5-8)9(11(15)16)12(17)18/h2-5,9H,1H3,(H,15,16)(H,17,18). The number of benzene rings is 1. The van der Waals surface area contributed by atoms with E-state index in [2.05, 4.69) is 10.1 Å². The van der Waals surface area contributed by atoms with Crippen molar-refractivity contribution in [2.24, 2.45) is 0 Å². The molecule has 1 aromatic heterocycles. The Hall–Kier alpha value is -2.70. The van der Waals surface area contributed by atoms with Gasteiger partial charge in [0.2, 0.25) is 11.7 Å². The van der Waals surface area contributed by atoms with Gasteiger partial charge in [0.05, 0.1) is 0 Å². The number of rotatable bonds is 4. The molecule has 2 rings (SSSR count). The Morgan fingerprint density at radius 1 is 1.26 bits per heavy atom. The average Bonchev–Trinajstić information content (AvgIpc) is 2.75. The van der Waals surface area contributed by atoms with Crippen molar-refractivity contribution < 1.29 is 24.3 Å². The summed E-state index contributed by atoms with van der Waals surface area (Å²) in [5, 5.41) is 21.6. The zero-order valence-corrected chi connectivity index (χ0v) is 9.90. The van der Waals surface area contributed by atoms with E-state index in [1.54, 1.807) is 19.1 Å². The van der Waals surface area contributed by atoms with Crippen LogP contribution in [0.4, 0.5) is 0 Å². The largest absolute Gasteiger partial charge is 0.480 e. The van der Waals surface area contributed by atoms with Gasteiger partial charge in [-0.25, -0.2) is 0 Å². The predicted octanol–water partition coefficient (Wildman–Crippen LogP) is 1.30. The fraction of sp³-hybridized carbons (Fsp3) is 0.167.